The molecule has 0 aliphatic carbocycles. The van der Waals surface area contributed by atoms with Gasteiger partial charge in [-0.1, -0.05) is 35.9 Å². The van der Waals surface area contributed by atoms with E-state index in [1.54, 1.807) is 7.11 Å². The lowest BCUT2D eigenvalue weighted by molar-refractivity contribution is 0.00342. The summed E-state index contributed by atoms with van der Waals surface area (Å²) in [7, 11) is 1.67. The van der Waals surface area contributed by atoms with Gasteiger partial charge in [0.25, 0.3) is 5.91 Å². The zero-order valence-electron chi connectivity index (χ0n) is 19.0. The Hall–Kier alpha value is -2.38. The summed E-state index contributed by atoms with van der Waals surface area (Å²) in [5, 5.41) is 2.69. The fourth-order valence-corrected chi connectivity index (χ4v) is 5.01. The molecule has 1 aromatic heterocycles. The van der Waals surface area contributed by atoms with Crippen LogP contribution in [0.2, 0.25) is 5.02 Å². The lowest BCUT2D eigenvalue weighted by atomic mass is 10.1. The van der Waals surface area contributed by atoms with Gasteiger partial charge in [-0.3, -0.25) is 9.69 Å². The van der Waals surface area contributed by atoms with Crippen molar-refractivity contribution in [3.8, 4) is 5.75 Å². The highest BCUT2D eigenvalue weighted by Crippen LogP contribution is 2.25. The van der Waals surface area contributed by atoms with Crippen LogP contribution in [0, 0.1) is 6.92 Å². The SMILES string of the molecule is COc1cccc(CO[C@H](CN2CCN(C(=O)c3sccc3C)CC2)c2ccc(Cl)cc2)c1. The highest BCUT2D eigenvalue weighted by atomic mass is 35.5. The largest absolute Gasteiger partial charge is 0.497 e. The molecular formula is C26H29ClN2O3S. The maximum absolute atomic E-state index is 12.8. The van der Waals surface area contributed by atoms with Crippen LogP contribution in [-0.4, -0.2) is 55.5 Å². The van der Waals surface area contributed by atoms with Crippen LogP contribution in [0.25, 0.3) is 0 Å². The van der Waals surface area contributed by atoms with E-state index < -0.39 is 0 Å². The van der Waals surface area contributed by atoms with Gasteiger partial charge < -0.3 is 14.4 Å². The van der Waals surface area contributed by atoms with Gasteiger partial charge in [0.05, 0.1) is 24.7 Å². The standard InChI is InChI=1S/C26H29ClN2O3S/c1-19-10-15-33-25(19)26(30)29-13-11-28(12-14-29)17-24(21-6-8-22(27)9-7-21)32-18-20-4-3-5-23(16-20)31-2/h3-10,15-16,24H,11-14,17-18H2,1-2H3/t24-/m1/s1. The third-order valence-electron chi connectivity index (χ3n) is 5.97. The van der Waals surface area contributed by atoms with Gasteiger partial charge in [-0.05, 0) is 59.3 Å². The van der Waals surface area contributed by atoms with Crippen LogP contribution in [0.3, 0.4) is 0 Å². The van der Waals surface area contributed by atoms with Crippen LogP contribution in [0.1, 0.15) is 32.5 Å². The van der Waals surface area contributed by atoms with Crippen molar-refractivity contribution in [1.82, 2.24) is 9.80 Å². The highest BCUT2D eigenvalue weighted by Gasteiger charge is 2.26. The minimum Gasteiger partial charge on any atom is -0.497 e. The van der Waals surface area contributed by atoms with Crippen LogP contribution >= 0.6 is 22.9 Å². The van der Waals surface area contributed by atoms with Crippen molar-refractivity contribution in [3.63, 3.8) is 0 Å². The summed E-state index contributed by atoms with van der Waals surface area (Å²) < 4.78 is 11.7. The summed E-state index contributed by atoms with van der Waals surface area (Å²) in [6.07, 6.45) is -0.102. The van der Waals surface area contributed by atoms with Crippen LogP contribution in [-0.2, 0) is 11.3 Å². The Labute approximate surface area is 204 Å². The predicted molar refractivity (Wildman–Crippen MR) is 133 cm³/mol. The molecule has 5 nitrogen and oxygen atoms in total. The topological polar surface area (TPSA) is 42.0 Å². The number of ether oxygens (including phenoxy) is 2. The molecule has 1 atom stereocenters. The molecule has 1 saturated heterocycles. The number of amides is 1. The number of hydrogen-bond donors (Lipinski definition) is 0. The van der Waals surface area contributed by atoms with E-state index in [9.17, 15) is 4.79 Å². The van der Waals surface area contributed by atoms with E-state index >= 15 is 0 Å². The number of rotatable bonds is 8. The van der Waals surface area contributed by atoms with Crippen LogP contribution in [0.4, 0.5) is 0 Å². The summed E-state index contributed by atoms with van der Waals surface area (Å²) in [5.41, 5.74) is 3.21. The molecule has 3 aromatic rings. The third kappa shape index (κ3) is 6.15. The number of nitrogens with zero attached hydrogens (tertiary/aromatic N) is 2. The number of aryl methyl sites for hydroxylation is 1. The van der Waals surface area contributed by atoms with E-state index in [-0.39, 0.29) is 12.0 Å². The summed E-state index contributed by atoms with van der Waals surface area (Å²) in [6, 6.07) is 17.8. The van der Waals surface area contributed by atoms with E-state index in [1.165, 1.54) is 11.3 Å². The third-order valence-corrected chi connectivity index (χ3v) is 7.22. The van der Waals surface area contributed by atoms with Gasteiger partial charge >= 0.3 is 0 Å². The minimum absolute atomic E-state index is 0.102. The van der Waals surface area contributed by atoms with Gasteiger partial charge in [-0.25, -0.2) is 0 Å². The maximum atomic E-state index is 12.8. The fraction of sp³-hybridized carbons (Fsp3) is 0.346. The molecule has 174 valence electrons. The maximum Gasteiger partial charge on any atom is 0.264 e. The Balaban J connectivity index is 1.39. The number of hydrogen-bond acceptors (Lipinski definition) is 5. The van der Waals surface area contributed by atoms with Gasteiger partial charge in [-0.2, -0.15) is 0 Å². The molecule has 1 aliphatic rings. The number of benzene rings is 2. The lowest BCUT2D eigenvalue weighted by Crippen LogP contribution is -2.49. The average molecular weight is 485 g/mol. The molecule has 2 aromatic carbocycles. The van der Waals surface area contributed by atoms with Crippen molar-refractivity contribution in [3.05, 3.63) is 86.6 Å². The molecule has 2 heterocycles. The Morgan fingerprint density at radius 2 is 1.85 bits per heavy atom. The van der Waals surface area contributed by atoms with Gasteiger partial charge in [0, 0.05) is 37.7 Å². The first-order valence-electron chi connectivity index (χ1n) is 11.1. The molecule has 7 heteroatoms. The number of carbonyl (C=O) groups is 1. The van der Waals surface area contributed by atoms with Crippen molar-refractivity contribution in [2.75, 3.05) is 39.8 Å². The van der Waals surface area contributed by atoms with Gasteiger partial charge in [-0.15, -0.1) is 11.3 Å². The molecule has 4 rings (SSSR count). The highest BCUT2D eigenvalue weighted by molar-refractivity contribution is 7.12. The van der Waals surface area contributed by atoms with Crippen LogP contribution in [0.15, 0.2) is 60.0 Å². The van der Waals surface area contributed by atoms with Crippen molar-refractivity contribution < 1.29 is 14.3 Å². The fourth-order valence-electron chi connectivity index (χ4n) is 3.99. The molecule has 1 aliphatic heterocycles. The van der Waals surface area contributed by atoms with E-state index in [2.05, 4.69) is 4.90 Å². The average Bonchev–Trinajstić information content (AvgIpc) is 3.28. The summed E-state index contributed by atoms with van der Waals surface area (Å²) >= 11 is 7.64. The van der Waals surface area contributed by atoms with Crippen molar-refractivity contribution in [1.29, 1.82) is 0 Å². The monoisotopic (exact) mass is 484 g/mol. The van der Waals surface area contributed by atoms with Gasteiger partial charge in [0.2, 0.25) is 0 Å². The quantitative estimate of drug-likeness (QED) is 0.427. The zero-order valence-corrected chi connectivity index (χ0v) is 20.6. The molecule has 1 fully saturated rings. The molecule has 0 spiro atoms. The van der Waals surface area contributed by atoms with Gasteiger partial charge in [0.15, 0.2) is 0 Å². The Morgan fingerprint density at radius 1 is 1.09 bits per heavy atom. The number of carbonyl (C=O) groups excluding carboxylic acids is 1. The zero-order chi connectivity index (χ0) is 23.2. The first-order valence-corrected chi connectivity index (χ1v) is 12.3. The van der Waals surface area contributed by atoms with E-state index in [1.807, 2.05) is 71.8 Å². The molecule has 0 bridgehead atoms. The number of methoxy groups -OCH3 is 1. The van der Waals surface area contributed by atoms with Crippen molar-refractivity contribution in [2.45, 2.75) is 19.6 Å². The van der Waals surface area contributed by atoms with Crippen LogP contribution < -0.4 is 4.74 Å². The first-order chi connectivity index (χ1) is 16.0. The van der Waals surface area contributed by atoms with Gasteiger partial charge in [0.1, 0.15) is 5.75 Å². The first kappa shape index (κ1) is 23.8. The molecule has 1 amide bonds. The Morgan fingerprint density at radius 3 is 2.52 bits per heavy atom. The van der Waals surface area contributed by atoms with E-state index in [0.717, 1.165) is 60.0 Å². The molecule has 33 heavy (non-hydrogen) atoms. The van der Waals surface area contributed by atoms with E-state index in [4.69, 9.17) is 21.1 Å². The summed E-state index contributed by atoms with van der Waals surface area (Å²) in [4.78, 5) is 18.0. The normalized spacial score (nSPS) is 15.4. The number of piperazine rings is 1. The summed E-state index contributed by atoms with van der Waals surface area (Å²) in [5.74, 6) is 0.964. The van der Waals surface area contributed by atoms with Crippen LogP contribution in [0.5, 0.6) is 5.75 Å². The van der Waals surface area contributed by atoms with Crippen molar-refractivity contribution in [2.24, 2.45) is 0 Å². The predicted octanol–water partition coefficient (Wildman–Crippen LogP) is 5.43. The minimum atomic E-state index is -0.102. The Bertz CT molecular complexity index is 1060. The second kappa shape index (κ2) is 11.2. The number of halogens is 1. The molecule has 0 radical (unpaired) electrons. The molecular weight excluding hydrogens is 456 g/mol. The Kier molecular flexibility index (Phi) is 8.04. The second-order valence-electron chi connectivity index (χ2n) is 8.23. The molecule has 0 N–H and O–H groups in total. The van der Waals surface area contributed by atoms with E-state index in [0.29, 0.717) is 11.6 Å². The van der Waals surface area contributed by atoms with Crippen molar-refractivity contribution >= 4 is 28.8 Å². The molecule has 0 saturated carbocycles. The number of thiophene rings is 1. The second-order valence-corrected chi connectivity index (χ2v) is 9.58. The summed E-state index contributed by atoms with van der Waals surface area (Å²) in [6.45, 7) is 6.33. The lowest BCUT2D eigenvalue weighted by Gasteiger charge is -2.36. The smallest absolute Gasteiger partial charge is 0.264 e. The molecule has 0 unspecified atom stereocenters.